The summed E-state index contributed by atoms with van der Waals surface area (Å²) < 4.78 is 5.19. The van der Waals surface area contributed by atoms with Crippen molar-refractivity contribution in [3.8, 4) is 0 Å². The number of carboxylic acids is 1. The van der Waals surface area contributed by atoms with Crippen LogP contribution in [0.3, 0.4) is 0 Å². The minimum Gasteiger partial charge on any atom is -0.480 e. The average molecular weight is 406 g/mol. The Kier molecular flexibility index (Phi) is 5.37. The number of aliphatic carboxylic acids is 1. The van der Waals surface area contributed by atoms with Crippen molar-refractivity contribution in [1.82, 2.24) is 10.2 Å². The first kappa shape index (κ1) is 19.8. The van der Waals surface area contributed by atoms with Crippen molar-refractivity contribution in [3.05, 3.63) is 60.2 Å². The standard InChI is InChI=1S/C23H22N2O5/c1-30-19-11-20(23(28)29)25(13-19)21(26)12-24-22(27)17-7-6-16-8-14-4-2-3-5-15(14)9-18(16)10-17/h2-10,19-20H,11-13H2,1H3,(H,24,27)(H,28,29)/t19-,20+/m1/s1. The van der Waals surface area contributed by atoms with Gasteiger partial charge in [0.2, 0.25) is 5.91 Å². The number of carboxylic acid groups (broad SMARTS) is 1. The number of methoxy groups -OCH3 is 1. The maximum absolute atomic E-state index is 12.6. The molecule has 2 N–H and O–H groups in total. The van der Waals surface area contributed by atoms with Gasteiger partial charge in [0.25, 0.3) is 5.91 Å². The van der Waals surface area contributed by atoms with E-state index in [0.717, 1.165) is 21.5 Å². The smallest absolute Gasteiger partial charge is 0.326 e. The Hall–Kier alpha value is -3.45. The number of likely N-dealkylation sites (tertiary alicyclic amines) is 1. The first-order valence-electron chi connectivity index (χ1n) is 9.72. The number of rotatable bonds is 5. The van der Waals surface area contributed by atoms with Gasteiger partial charge in [0, 0.05) is 25.6 Å². The molecule has 0 unspecified atom stereocenters. The highest BCUT2D eigenvalue weighted by atomic mass is 16.5. The molecule has 0 spiro atoms. The summed E-state index contributed by atoms with van der Waals surface area (Å²) in [5, 5.41) is 16.1. The van der Waals surface area contributed by atoms with Gasteiger partial charge in [-0.25, -0.2) is 4.79 Å². The molecule has 3 aromatic rings. The number of hydrogen-bond acceptors (Lipinski definition) is 4. The number of hydrogen-bond donors (Lipinski definition) is 2. The second-order valence-corrected chi connectivity index (χ2v) is 7.44. The molecule has 0 radical (unpaired) electrons. The van der Waals surface area contributed by atoms with Gasteiger partial charge in [-0.3, -0.25) is 9.59 Å². The summed E-state index contributed by atoms with van der Waals surface area (Å²) in [5.74, 6) is -1.90. The van der Waals surface area contributed by atoms with Crippen LogP contribution in [-0.4, -0.2) is 60.1 Å². The molecule has 1 fully saturated rings. The summed E-state index contributed by atoms with van der Waals surface area (Å²) in [6.45, 7) is -0.0694. The zero-order valence-electron chi connectivity index (χ0n) is 16.5. The van der Waals surface area contributed by atoms with Gasteiger partial charge in [0.05, 0.1) is 12.6 Å². The lowest BCUT2D eigenvalue weighted by molar-refractivity contribution is -0.147. The zero-order chi connectivity index (χ0) is 21.3. The van der Waals surface area contributed by atoms with Crippen molar-refractivity contribution < 1.29 is 24.2 Å². The summed E-state index contributed by atoms with van der Waals surface area (Å²) in [6, 6.07) is 16.5. The van der Waals surface area contributed by atoms with E-state index in [1.807, 2.05) is 36.4 Å². The molecular formula is C23H22N2O5. The number of benzene rings is 3. The van der Waals surface area contributed by atoms with Gasteiger partial charge in [0.15, 0.2) is 0 Å². The van der Waals surface area contributed by atoms with Crippen molar-refractivity contribution in [2.24, 2.45) is 0 Å². The largest absolute Gasteiger partial charge is 0.480 e. The lowest BCUT2D eigenvalue weighted by Crippen LogP contribution is -2.45. The molecule has 0 saturated carbocycles. The van der Waals surface area contributed by atoms with Crippen molar-refractivity contribution in [2.45, 2.75) is 18.6 Å². The normalized spacial score (nSPS) is 18.6. The monoisotopic (exact) mass is 406 g/mol. The molecular weight excluding hydrogens is 384 g/mol. The van der Waals surface area contributed by atoms with Gasteiger partial charge in [-0.05, 0) is 45.8 Å². The van der Waals surface area contributed by atoms with E-state index in [4.69, 9.17) is 4.74 Å². The van der Waals surface area contributed by atoms with E-state index >= 15 is 0 Å². The summed E-state index contributed by atoms with van der Waals surface area (Å²) in [6.07, 6.45) is -0.0782. The average Bonchev–Trinajstić information content (AvgIpc) is 3.20. The summed E-state index contributed by atoms with van der Waals surface area (Å²) in [7, 11) is 1.49. The predicted molar refractivity (Wildman–Crippen MR) is 112 cm³/mol. The Bertz CT molecular complexity index is 1140. The predicted octanol–water partition coefficient (Wildman–Crippen LogP) is 2.42. The molecule has 0 aliphatic carbocycles. The Morgan fingerprint density at radius 2 is 1.70 bits per heavy atom. The molecule has 154 valence electrons. The summed E-state index contributed by atoms with van der Waals surface area (Å²) >= 11 is 0. The van der Waals surface area contributed by atoms with E-state index in [2.05, 4.69) is 11.4 Å². The maximum atomic E-state index is 12.6. The van der Waals surface area contributed by atoms with Crippen LogP contribution in [0.4, 0.5) is 0 Å². The van der Waals surface area contributed by atoms with Crippen LogP contribution in [-0.2, 0) is 14.3 Å². The lowest BCUT2D eigenvalue weighted by Gasteiger charge is -2.21. The number of nitrogens with zero attached hydrogens (tertiary/aromatic N) is 1. The van der Waals surface area contributed by atoms with E-state index in [9.17, 15) is 19.5 Å². The number of fused-ring (bicyclic) bond motifs is 2. The Labute approximate surface area is 173 Å². The van der Waals surface area contributed by atoms with Gasteiger partial charge in [-0.1, -0.05) is 30.3 Å². The van der Waals surface area contributed by atoms with Crippen LogP contribution in [0.15, 0.2) is 54.6 Å². The van der Waals surface area contributed by atoms with E-state index in [0.29, 0.717) is 5.56 Å². The molecule has 4 rings (SSSR count). The molecule has 7 heteroatoms. The van der Waals surface area contributed by atoms with Gasteiger partial charge in [0.1, 0.15) is 6.04 Å². The fourth-order valence-electron chi connectivity index (χ4n) is 3.92. The third-order valence-electron chi connectivity index (χ3n) is 5.57. The number of ether oxygens (including phenoxy) is 1. The quantitative estimate of drug-likeness (QED) is 0.635. The minimum atomic E-state index is -1.07. The van der Waals surface area contributed by atoms with Crippen LogP contribution in [0.5, 0.6) is 0 Å². The van der Waals surface area contributed by atoms with Gasteiger partial charge in [-0.2, -0.15) is 0 Å². The highest BCUT2D eigenvalue weighted by Crippen LogP contribution is 2.24. The SMILES string of the molecule is CO[C@@H]1C[C@@H](C(=O)O)N(C(=O)CNC(=O)c2ccc3cc4ccccc4cc3c2)C1. The Balaban J connectivity index is 1.47. The summed E-state index contributed by atoms with van der Waals surface area (Å²) in [4.78, 5) is 37.8. The highest BCUT2D eigenvalue weighted by molar-refractivity contribution is 6.03. The first-order chi connectivity index (χ1) is 14.5. The van der Waals surface area contributed by atoms with Crippen molar-refractivity contribution in [1.29, 1.82) is 0 Å². The molecule has 7 nitrogen and oxygen atoms in total. The minimum absolute atomic E-state index is 0.200. The topological polar surface area (TPSA) is 95.9 Å². The molecule has 2 amide bonds. The molecule has 1 aliphatic heterocycles. The third-order valence-corrected chi connectivity index (χ3v) is 5.57. The van der Waals surface area contributed by atoms with Crippen LogP contribution in [0.25, 0.3) is 21.5 Å². The molecule has 2 atom stereocenters. The fourth-order valence-corrected chi connectivity index (χ4v) is 3.92. The Morgan fingerprint density at radius 3 is 2.37 bits per heavy atom. The zero-order valence-corrected chi connectivity index (χ0v) is 16.5. The second kappa shape index (κ2) is 8.12. The van der Waals surface area contributed by atoms with Crippen LogP contribution in [0.2, 0.25) is 0 Å². The molecule has 3 aromatic carbocycles. The second-order valence-electron chi connectivity index (χ2n) is 7.44. The van der Waals surface area contributed by atoms with E-state index < -0.39 is 17.9 Å². The van der Waals surface area contributed by atoms with Crippen LogP contribution < -0.4 is 5.32 Å². The highest BCUT2D eigenvalue weighted by Gasteiger charge is 2.39. The molecule has 30 heavy (non-hydrogen) atoms. The van der Waals surface area contributed by atoms with Crippen molar-refractivity contribution in [2.75, 3.05) is 20.2 Å². The molecule has 1 heterocycles. The molecule has 0 bridgehead atoms. The number of amides is 2. The molecule has 1 aliphatic rings. The fraction of sp³-hybridized carbons (Fsp3) is 0.261. The maximum Gasteiger partial charge on any atom is 0.326 e. The van der Waals surface area contributed by atoms with Gasteiger partial charge >= 0.3 is 5.97 Å². The number of carbonyl (C=O) groups excluding carboxylic acids is 2. The Morgan fingerprint density at radius 1 is 1.03 bits per heavy atom. The van der Waals surface area contributed by atoms with E-state index in [1.165, 1.54) is 12.0 Å². The van der Waals surface area contributed by atoms with E-state index in [1.54, 1.807) is 12.1 Å². The number of carbonyl (C=O) groups is 3. The van der Waals surface area contributed by atoms with Crippen molar-refractivity contribution in [3.63, 3.8) is 0 Å². The van der Waals surface area contributed by atoms with Gasteiger partial charge < -0.3 is 20.1 Å². The first-order valence-corrected chi connectivity index (χ1v) is 9.72. The van der Waals surface area contributed by atoms with Crippen LogP contribution >= 0.6 is 0 Å². The van der Waals surface area contributed by atoms with E-state index in [-0.39, 0.29) is 31.5 Å². The molecule has 0 aromatic heterocycles. The van der Waals surface area contributed by atoms with Crippen molar-refractivity contribution >= 4 is 39.3 Å². The third kappa shape index (κ3) is 3.84. The van der Waals surface area contributed by atoms with Crippen LogP contribution in [0, 0.1) is 0 Å². The summed E-state index contributed by atoms with van der Waals surface area (Å²) in [5.41, 5.74) is 0.441. The van der Waals surface area contributed by atoms with Gasteiger partial charge in [-0.15, -0.1) is 0 Å². The lowest BCUT2D eigenvalue weighted by atomic mass is 10.0. The van der Waals surface area contributed by atoms with Crippen LogP contribution in [0.1, 0.15) is 16.8 Å². The number of nitrogens with one attached hydrogen (secondary N) is 1. The molecule has 1 saturated heterocycles.